The zero-order valence-corrected chi connectivity index (χ0v) is 11.3. The molecule has 0 fully saturated rings. The van der Waals surface area contributed by atoms with Crippen LogP contribution in [0.25, 0.3) is 0 Å². The summed E-state index contributed by atoms with van der Waals surface area (Å²) in [6.07, 6.45) is 2.24. The zero-order chi connectivity index (χ0) is 14.5. The topological polar surface area (TPSA) is 57.2 Å². The molecule has 1 aromatic heterocycles. The first kappa shape index (κ1) is 14.1. The fourth-order valence-corrected chi connectivity index (χ4v) is 1.81. The van der Waals surface area contributed by atoms with E-state index in [-0.39, 0.29) is 11.4 Å². The minimum absolute atomic E-state index is 0.0967. The number of pyridine rings is 1. The average molecular weight is 276 g/mol. The molecule has 1 aromatic carbocycles. The van der Waals surface area contributed by atoms with Crippen molar-refractivity contribution in [1.82, 2.24) is 4.57 Å². The minimum atomic E-state index is -0.283. The summed E-state index contributed by atoms with van der Waals surface area (Å²) in [5.41, 5.74) is 6.66. The van der Waals surface area contributed by atoms with Gasteiger partial charge in [0.05, 0.1) is 6.61 Å². The van der Waals surface area contributed by atoms with Crippen LogP contribution in [-0.4, -0.2) is 11.2 Å². The van der Waals surface area contributed by atoms with Crippen LogP contribution < -0.4 is 16.0 Å². The Morgan fingerprint density at radius 1 is 1.30 bits per heavy atom. The van der Waals surface area contributed by atoms with Crippen molar-refractivity contribution in [3.05, 3.63) is 58.3 Å². The SMILES string of the molecule is Cc1ccc(OCCCn2cc(N)ccc2=O)cc1F. The third-order valence-electron chi connectivity index (χ3n) is 2.96. The number of benzene rings is 1. The molecule has 2 rings (SSSR count). The smallest absolute Gasteiger partial charge is 0.250 e. The van der Waals surface area contributed by atoms with Gasteiger partial charge in [-0.3, -0.25) is 4.79 Å². The second-order valence-electron chi connectivity index (χ2n) is 4.61. The van der Waals surface area contributed by atoms with Crippen molar-refractivity contribution >= 4 is 5.69 Å². The van der Waals surface area contributed by atoms with Crippen molar-refractivity contribution < 1.29 is 9.13 Å². The number of hydrogen-bond donors (Lipinski definition) is 1. The molecule has 0 unspecified atom stereocenters. The van der Waals surface area contributed by atoms with E-state index in [9.17, 15) is 9.18 Å². The second-order valence-corrected chi connectivity index (χ2v) is 4.61. The number of halogens is 1. The van der Waals surface area contributed by atoms with E-state index in [1.165, 1.54) is 16.7 Å². The maximum atomic E-state index is 13.3. The standard InChI is InChI=1S/C15H17FN2O2/c1-11-3-5-13(9-14(11)16)20-8-2-7-18-10-12(17)4-6-15(18)19/h3-6,9-10H,2,7-8,17H2,1H3. The largest absolute Gasteiger partial charge is 0.493 e. The first-order chi connectivity index (χ1) is 9.56. The van der Waals surface area contributed by atoms with Crippen LogP contribution in [0.4, 0.5) is 10.1 Å². The van der Waals surface area contributed by atoms with Gasteiger partial charge < -0.3 is 15.0 Å². The average Bonchev–Trinajstić information content (AvgIpc) is 2.42. The lowest BCUT2D eigenvalue weighted by Crippen LogP contribution is -2.20. The lowest BCUT2D eigenvalue weighted by Gasteiger charge is -2.09. The van der Waals surface area contributed by atoms with Gasteiger partial charge in [0.15, 0.2) is 0 Å². The first-order valence-corrected chi connectivity index (χ1v) is 6.41. The highest BCUT2D eigenvalue weighted by molar-refractivity contribution is 5.33. The number of nitrogen functional groups attached to an aromatic ring is 1. The summed E-state index contributed by atoms with van der Waals surface area (Å²) in [5, 5.41) is 0. The molecule has 0 bridgehead atoms. The molecule has 4 nitrogen and oxygen atoms in total. The number of hydrogen-bond acceptors (Lipinski definition) is 3. The Labute approximate surface area is 116 Å². The molecule has 0 saturated carbocycles. The van der Waals surface area contributed by atoms with Gasteiger partial charge in [0.25, 0.3) is 5.56 Å². The molecule has 20 heavy (non-hydrogen) atoms. The molecule has 0 aliphatic carbocycles. The molecular weight excluding hydrogens is 259 g/mol. The van der Waals surface area contributed by atoms with Gasteiger partial charge in [-0.2, -0.15) is 0 Å². The van der Waals surface area contributed by atoms with E-state index in [1.54, 1.807) is 31.3 Å². The molecule has 0 spiro atoms. The van der Waals surface area contributed by atoms with Crippen molar-refractivity contribution in [3.63, 3.8) is 0 Å². The monoisotopic (exact) mass is 276 g/mol. The number of aryl methyl sites for hydroxylation is 2. The molecule has 1 heterocycles. The van der Waals surface area contributed by atoms with Crippen LogP contribution in [0, 0.1) is 12.7 Å². The Balaban J connectivity index is 1.86. The zero-order valence-electron chi connectivity index (χ0n) is 11.3. The van der Waals surface area contributed by atoms with E-state index >= 15 is 0 Å². The molecule has 2 N–H and O–H groups in total. The molecule has 0 aliphatic rings. The fourth-order valence-electron chi connectivity index (χ4n) is 1.81. The highest BCUT2D eigenvalue weighted by atomic mass is 19.1. The third kappa shape index (κ3) is 3.60. The molecular formula is C15H17FN2O2. The van der Waals surface area contributed by atoms with Crippen molar-refractivity contribution in [2.75, 3.05) is 12.3 Å². The predicted octanol–water partition coefficient (Wildman–Crippen LogP) is 2.35. The molecule has 2 aromatic rings. The maximum Gasteiger partial charge on any atom is 0.250 e. The Morgan fingerprint density at radius 2 is 2.10 bits per heavy atom. The Bertz CT molecular complexity index is 653. The number of anilines is 1. The van der Waals surface area contributed by atoms with Gasteiger partial charge in [-0.15, -0.1) is 0 Å². The van der Waals surface area contributed by atoms with E-state index in [4.69, 9.17) is 10.5 Å². The van der Waals surface area contributed by atoms with Gasteiger partial charge in [-0.25, -0.2) is 4.39 Å². The number of nitrogens with two attached hydrogens (primary N) is 1. The summed E-state index contributed by atoms with van der Waals surface area (Å²) in [6, 6.07) is 7.77. The van der Waals surface area contributed by atoms with E-state index < -0.39 is 0 Å². The Hall–Kier alpha value is -2.30. The third-order valence-corrected chi connectivity index (χ3v) is 2.96. The number of rotatable bonds is 5. The maximum absolute atomic E-state index is 13.3. The summed E-state index contributed by atoms with van der Waals surface area (Å²) >= 11 is 0. The minimum Gasteiger partial charge on any atom is -0.493 e. The molecule has 0 atom stereocenters. The van der Waals surface area contributed by atoms with Crippen molar-refractivity contribution in [2.45, 2.75) is 19.9 Å². The van der Waals surface area contributed by atoms with Crippen molar-refractivity contribution in [3.8, 4) is 5.75 Å². The Kier molecular flexibility index (Phi) is 4.40. The van der Waals surface area contributed by atoms with Crippen molar-refractivity contribution in [2.24, 2.45) is 0 Å². The van der Waals surface area contributed by atoms with Crippen LogP contribution in [0.3, 0.4) is 0 Å². The van der Waals surface area contributed by atoms with Gasteiger partial charge in [0.2, 0.25) is 0 Å². The Morgan fingerprint density at radius 3 is 2.85 bits per heavy atom. The summed E-state index contributed by atoms with van der Waals surface area (Å²) in [5.74, 6) is 0.211. The van der Waals surface area contributed by atoms with Crippen LogP contribution >= 0.6 is 0 Å². The van der Waals surface area contributed by atoms with Crippen LogP contribution in [0.2, 0.25) is 0 Å². The first-order valence-electron chi connectivity index (χ1n) is 6.41. The van der Waals surface area contributed by atoms with Gasteiger partial charge in [-0.1, -0.05) is 6.07 Å². The van der Waals surface area contributed by atoms with Gasteiger partial charge in [0.1, 0.15) is 11.6 Å². The highest BCUT2D eigenvalue weighted by Gasteiger charge is 2.01. The summed E-state index contributed by atoms with van der Waals surface area (Å²) in [7, 11) is 0. The number of nitrogens with zero attached hydrogens (tertiary/aromatic N) is 1. The number of ether oxygens (including phenoxy) is 1. The highest BCUT2D eigenvalue weighted by Crippen LogP contribution is 2.15. The molecule has 0 amide bonds. The molecule has 0 aliphatic heterocycles. The second kappa shape index (κ2) is 6.23. The number of aromatic nitrogens is 1. The predicted molar refractivity (Wildman–Crippen MR) is 76.4 cm³/mol. The van der Waals surface area contributed by atoms with E-state index in [0.717, 1.165) is 0 Å². The van der Waals surface area contributed by atoms with Crippen molar-refractivity contribution in [1.29, 1.82) is 0 Å². The summed E-state index contributed by atoms with van der Waals surface area (Å²) < 4.78 is 20.3. The molecule has 0 radical (unpaired) electrons. The van der Waals surface area contributed by atoms with Crippen LogP contribution in [0.1, 0.15) is 12.0 Å². The van der Waals surface area contributed by atoms with Crippen LogP contribution in [-0.2, 0) is 6.54 Å². The van der Waals surface area contributed by atoms with Gasteiger partial charge in [-0.05, 0) is 31.0 Å². The quantitative estimate of drug-likeness (QED) is 0.853. The lowest BCUT2D eigenvalue weighted by molar-refractivity contribution is 0.299. The van der Waals surface area contributed by atoms with E-state index in [0.29, 0.717) is 36.6 Å². The van der Waals surface area contributed by atoms with Gasteiger partial charge in [0, 0.05) is 30.6 Å². The van der Waals surface area contributed by atoms with E-state index in [2.05, 4.69) is 0 Å². The molecule has 5 heteroatoms. The van der Waals surface area contributed by atoms with Gasteiger partial charge >= 0.3 is 0 Å². The van der Waals surface area contributed by atoms with Crippen LogP contribution in [0.15, 0.2) is 41.3 Å². The molecule has 106 valence electrons. The fraction of sp³-hybridized carbons (Fsp3) is 0.267. The van der Waals surface area contributed by atoms with Crippen LogP contribution in [0.5, 0.6) is 5.75 Å². The summed E-state index contributed by atoms with van der Waals surface area (Å²) in [6.45, 7) is 2.62. The molecule has 0 saturated heterocycles. The normalized spacial score (nSPS) is 10.5. The lowest BCUT2D eigenvalue weighted by atomic mass is 10.2. The van der Waals surface area contributed by atoms with E-state index in [1.807, 2.05) is 0 Å². The summed E-state index contributed by atoms with van der Waals surface area (Å²) in [4.78, 5) is 11.5.